The number of furan rings is 2. The lowest BCUT2D eigenvalue weighted by molar-refractivity contribution is 0.668. The second kappa shape index (κ2) is 14.6. The molecule has 9 aromatic carbocycles. The van der Waals surface area contributed by atoms with Crippen molar-refractivity contribution in [3.63, 3.8) is 0 Å². The van der Waals surface area contributed by atoms with Gasteiger partial charge < -0.3 is 8.83 Å². The number of hydrogen-bond donors (Lipinski definition) is 0. The van der Waals surface area contributed by atoms with Gasteiger partial charge in [0.2, 0.25) is 11.6 Å². The zero-order valence-corrected chi connectivity index (χ0v) is 39.7. The van der Waals surface area contributed by atoms with Crippen molar-refractivity contribution in [2.75, 3.05) is 0 Å². The minimum atomic E-state index is 0.559. The highest BCUT2D eigenvalue weighted by atomic mass is 16.3. The highest BCUT2D eigenvalue weighted by molar-refractivity contribution is 6.09. The van der Waals surface area contributed by atoms with E-state index in [2.05, 4.69) is 184 Å². The minimum absolute atomic E-state index is 0.559. The Morgan fingerprint density at radius 3 is 1.19 bits per heavy atom. The summed E-state index contributed by atoms with van der Waals surface area (Å²) in [5.74, 6) is 3.43. The van der Waals surface area contributed by atoms with Gasteiger partial charge in [-0.2, -0.15) is 0 Å². The molecular weight excluding hydrogens is 903 g/mol. The third-order valence-electron chi connectivity index (χ3n) is 14.7. The fraction of sp³-hybridized carbons (Fsp3) is 0.0484. The van der Waals surface area contributed by atoms with Crippen LogP contribution in [0.25, 0.3) is 145 Å². The number of aryl methyl sites for hydroxylation is 3. The average molecular weight is 942 g/mol. The van der Waals surface area contributed by atoms with Crippen molar-refractivity contribution in [3.05, 3.63) is 199 Å². The summed E-state index contributed by atoms with van der Waals surface area (Å²) in [6.07, 6.45) is 0. The van der Waals surface area contributed by atoms with Gasteiger partial charge in [-0.3, -0.25) is 17.9 Å². The Balaban J connectivity index is 0.867. The first-order valence-electron chi connectivity index (χ1n) is 24.4. The van der Waals surface area contributed by atoms with E-state index in [1.165, 1.54) is 5.56 Å². The van der Waals surface area contributed by atoms with Crippen LogP contribution in [0.1, 0.15) is 16.7 Å². The van der Waals surface area contributed by atoms with E-state index in [1.54, 1.807) is 0 Å². The van der Waals surface area contributed by atoms with Gasteiger partial charge in [0.25, 0.3) is 0 Å². The number of nitrogens with zero attached hydrogens (tertiary/aromatic N) is 9. The highest BCUT2D eigenvalue weighted by Gasteiger charge is 2.23. The Hall–Kier alpha value is -9.87. The quantitative estimate of drug-likeness (QED) is 0.169. The predicted octanol–water partition coefficient (Wildman–Crippen LogP) is 15.1. The summed E-state index contributed by atoms with van der Waals surface area (Å²) in [4.78, 5) is 26.1. The van der Waals surface area contributed by atoms with Crippen molar-refractivity contribution in [1.29, 1.82) is 0 Å². The second-order valence-electron chi connectivity index (χ2n) is 19.2. The maximum Gasteiger partial charge on any atom is 0.220 e. The topological polar surface area (TPSA) is 109 Å². The van der Waals surface area contributed by atoms with Gasteiger partial charge in [0.15, 0.2) is 17.5 Å². The molecule has 0 amide bonds. The molecule has 7 heterocycles. The average Bonchev–Trinajstić information content (AvgIpc) is 4.26. The predicted molar refractivity (Wildman–Crippen MR) is 291 cm³/mol. The first-order chi connectivity index (χ1) is 35.9. The van der Waals surface area contributed by atoms with Crippen LogP contribution < -0.4 is 0 Å². The Morgan fingerprint density at radius 1 is 0.342 bits per heavy atom. The zero-order valence-electron chi connectivity index (χ0n) is 39.7. The molecule has 0 aliphatic rings. The van der Waals surface area contributed by atoms with Crippen LogP contribution in [0.15, 0.2) is 191 Å². The summed E-state index contributed by atoms with van der Waals surface area (Å²) in [6, 6.07) is 63.0. The van der Waals surface area contributed by atoms with Crippen LogP contribution in [0.4, 0.5) is 0 Å². The fourth-order valence-electron chi connectivity index (χ4n) is 11.6. The van der Waals surface area contributed by atoms with Crippen molar-refractivity contribution in [2.45, 2.75) is 20.8 Å². The van der Waals surface area contributed by atoms with E-state index in [1.807, 2.05) is 36.4 Å². The summed E-state index contributed by atoms with van der Waals surface area (Å²) < 4.78 is 22.0. The van der Waals surface area contributed by atoms with Gasteiger partial charge in [-0.05, 0) is 153 Å². The molecule has 0 fully saturated rings. The number of rotatable bonds is 5. The smallest absolute Gasteiger partial charge is 0.220 e. The third-order valence-corrected chi connectivity index (χ3v) is 14.7. The molecule has 0 saturated carbocycles. The van der Waals surface area contributed by atoms with Crippen LogP contribution in [0.3, 0.4) is 0 Å². The monoisotopic (exact) mass is 941 g/mol. The number of benzene rings is 9. The van der Waals surface area contributed by atoms with Gasteiger partial charge in [-0.15, -0.1) is 0 Å². The van der Waals surface area contributed by atoms with Crippen LogP contribution >= 0.6 is 0 Å². The lowest BCUT2D eigenvalue weighted by Crippen LogP contribution is -2.02. The Morgan fingerprint density at radius 2 is 0.726 bits per heavy atom. The molecule has 0 bridgehead atoms. The molecule has 0 spiro atoms. The Kier molecular flexibility index (Phi) is 7.98. The molecular formula is C62H39N9O2. The number of para-hydroxylation sites is 8. The molecule has 0 N–H and O–H groups in total. The molecule has 11 heteroatoms. The number of imidazole rings is 4. The molecule has 0 saturated heterocycles. The van der Waals surface area contributed by atoms with Crippen molar-refractivity contribution in [3.8, 4) is 45.5 Å². The first-order valence-corrected chi connectivity index (χ1v) is 24.4. The minimum Gasteiger partial charge on any atom is -0.456 e. The molecule has 0 aliphatic heterocycles. The van der Waals surface area contributed by atoms with Crippen LogP contribution in [0.5, 0.6) is 0 Å². The first kappa shape index (κ1) is 39.9. The summed E-state index contributed by atoms with van der Waals surface area (Å²) in [7, 11) is 0. The van der Waals surface area contributed by atoms with Crippen molar-refractivity contribution < 1.29 is 8.83 Å². The van der Waals surface area contributed by atoms with E-state index in [-0.39, 0.29) is 0 Å². The van der Waals surface area contributed by atoms with E-state index >= 15 is 0 Å². The Labute approximate surface area is 414 Å². The molecule has 11 nitrogen and oxygen atoms in total. The Bertz CT molecular complexity index is 4730. The maximum atomic E-state index is 6.53. The van der Waals surface area contributed by atoms with Crippen LogP contribution in [0.2, 0.25) is 0 Å². The SMILES string of the molecule is Cc1cc(C)c(-c2nc(-c3ccc4oc5ccc(-n6c7ccccc7n7c8ccccc8nc67)cc5c4c3)nc(-c3ccc4oc5ccc(-n6c7ccccc7n7c8ccccc8nc67)cc5c4c3)n2)c(C)c1. The summed E-state index contributed by atoms with van der Waals surface area (Å²) in [6.45, 7) is 6.38. The van der Waals surface area contributed by atoms with Gasteiger partial charge in [-0.1, -0.05) is 66.2 Å². The van der Waals surface area contributed by atoms with Crippen LogP contribution in [-0.2, 0) is 0 Å². The molecule has 16 aromatic rings. The second-order valence-corrected chi connectivity index (χ2v) is 19.2. The third kappa shape index (κ3) is 5.72. The van der Waals surface area contributed by atoms with Gasteiger partial charge in [0.05, 0.1) is 55.5 Å². The van der Waals surface area contributed by atoms with Crippen molar-refractivity contribution in [1.82, 2.24) is 42.9 Å². The number of fused-ring (bicyclic) bond motifs is 16. The molecule has 0 atom stereocenters. The highest BCUT2D eigenvalue weighted by Crippen LogP contribution is 2.39. The number of hydrogen-bond acceptors (Lipinski definition) is 7. The molecule has 344 valence electrons. The molecule has 0 radical (unpaired) electrons. The lowest BCUT2D eigenvalue weighted by Gasteiger charge is -2.13. The molecule has 0 unspecified atom stereocenters. The lowest BCUT2D eigenvalue weighted by atomic mass is 9.99. The molecule has 0 aliphatic carbocycles. The normalized spacial score (nSPS) is 12.3. The van der Waals surface area contributed by atoms with Gasteiger partial charge in [0, 0.05) is 38.2 Å². The van der Waals surface area contributed by atoms with Crippen LogP contribution in [0, 0.1) is 20.8 Å². The molecule has 16 rings (SSSR count). The van der Waals surface area contributed by atoms with Gasteiger partial charge in [-0.25, -0.2) is 24.9 Å². The standard InChI is InChI=1S/C62H39N9O2/c1-34-28-35(2)57(36(3)29-34)60-66-58(37-20-24-53-41(30-37)43-32-39(22-26-55(43)72-53)68-49-16-8-10-18-51(49)70-47-14-6-4-12-45(47)63-61(68)70)65-59(67-60)38-21-25-54-42(31-38)44-33-40(23-27-56(44)73-54)69-50-17-9-11-19-52(50)71-48-15-7-5-13-46(48)64-62(69)71/h4-33H,1-3H3. The van der Waals surface area contributed by atoms with Gasteiger partial charge >= 0.3 is 0 Å². The largest absolute Gasteiger partial charge is 0.456 e. The van der Waals surface area contributed by atoms with E-state index in [9.17, 15) is 0 Å². The summed E-state index contributed by atoms with van der Waals surface area (Å²) in [5.41, 5.74) is 19.5. The summed E-state index contributed by atoms with van der Waals surface area (Å²) >= 11 is 0. The van der Waals surface area contributed by atoms with E-state index < -0.39 is 0 Å². The van der Waals surface area contributed by atoms with Crippen molar-refractivity contribution in [2.24, 2.45) is 0 Å². The van der Waals surface area contributed by atoms with Crippen LogP contribution in [-0.4, -0.2) is 42.9 Å². The summed E-state index contributed by atoms with van der Waals surface area (Å²) in [5, 5.41) is 3.87. The van der Waals surface area contributed by atoms with E-state index in [0.717, 1.165) is 139 Å². The van der Waals surface area contributed by atoms with E-state index in [0.29, 0.717) is 17.5 Å². The fourth-order valence-corrected chi connectivity index (χ4v) is 11.6. The van der Waals surface area contributed by atoms with Crippen molar-refractivity contribution >= 4 is 99.6 Å². The molecule has 7 aromatic heterocycles. The van der Waals surface area contributed by atoms with E-state index in [4.69, 9.17) is 33.8 Å². The molecule has 73 heavy (non-hydrogen) atoms. The maximum absolute atomic E-state index is 6.53. The van der Waals surface area contributed by atoms with Gasteiger partial charge in [0.1, 0.15) is 22.3 Å². The zero-order chi connectivity index (χ0) is 48.2. The number of aromatic nitrogens is 9.